The van der Waals surface area contributed by atoms with E-state index in [0.29, 0.717) is 13.0 Å². The van der Waals surface area contributed by atoms with Gasteiger partial charge in [-0.1, -0.05) is 30.3 Å². The Hall–Kier alpha value is -2.75. The predicted molar refractivity (Wildman–Crippen MR) is 93.6 cm³/mol. The first-order chi connectivity index (χ1) is 11.6. The van der Waals surface area contributed by atoms with Gasteiger partial charge in [0.05, 0.1) is 13.5 Å². The van der Waals surface area contributed by atoms with E-state index in [2.05, 4.69) is 6.58 Å². The third kappa shape index (κ3) is 5.16. The zero-order chi connectivity index (χ0) is 17.4. The van der Waals surface area contributed by atoms with Crippen molar-refractivity contribution in [3.63, 3.8) is 0 Å². The van der Waals surface area contributed by atoms with Crippen molar-refractivity contribution >= 4 is 5.97 Å². The zero-order valence-electron chi connectivity index (χ0n) is 13.8. The van der Waals surface area contributed by atoms with Crippen LogP contribution < -0.4 is 9.47 Å². The Kier molecular flexibility index (Phi) is 6.43. The fourth-order valence-electron chi connectivity index (χ4n) is 2.47. The van der Waals surface area contributed by atoms with E-state index in [9.17, 15) is 4.79 Å². The number of benzene rings is 2. The first-order valence-corrected chi connectivity index (χ1v) is 7.80. The van der Waals surface area contributed by atoms with Gasteiger partial charge in [-0.05, 0) is 47.7 Å². The second kappa shape index (κ2) is 8.77. The van der Waals surface area contributed by atoms with Crippen molar-refractivity contribution in [2.75, 3.05) is 7.11 Å². The number of allylic oxidation sites excluding steroid dienone is 1. The molecule has 1 N–H and O–H groups in total. The predicted octanol–water partition coefficient (Wildman–Crippen LogP) is 4.41. The summed E-state index contributed by atoms with van der Waals surface area (Å²) in [4.78, 5) is 11.0. The molecule has 0 aliphatic carbocycles. The van der Waals surface area contributed by atoms with E-state index in [1.807, 2.05) is 48.5 Å². The van der Waals surface area contributed by atoms with Crippen LogP contribution in [0.1, 0.15) is 29.9 Å². The molecule has 0 spiro atoms. The third-order valence-electron chi connectivity index (χ3n) is 3.79. The van der Waals surface area contributed by atoms with Crippen LogP contribution in [0.3, 0.4) is 0 Å². The van der Waals surface area contributed by atoms with Crippen LogP contribution in [-0.4, -0.2) is 18.2 Å². The number of rotatable bonds is 9. The number of ether oxygens (including phenoxy) is 2. The molecule has 0 saturated carbocycles. The molecule has 0 bridgehead atoms. The SMILES string of the molecule is C=CCC(CC(=O)O)c1ccc(OCc2ccc(OC)cc2)cc1. The number of methoxy groups -OCH3 is 1. The molecule has 24 heavy (non-hydrogen) atoms. The lowest BCUT2D eigenvalue weighted by Crippen LogP contribution is -2.05. The van der Waals surface area contributed by atoms with Crippen LogP contribution in [0.4, 0.5) is 0 Å². The van der Waals surface area contributed by atoms with E-state index < -0.39 is 5.97 Å². The molecular weight excluding hydrogens is 304 g/mol. The quantitative estimate of drug-likeness (QED) is 0.694. The average molecular weight is 326 g/mol. The lowest BCUT2D eigenvalue weighted by Gasteiger charge is -2.14. The average Bonchev–Trinajstić information content (AvgIpc) is 2.60. The molecule has 0 fully saturated rings. The Morgan fingerprint density at radius 2 is 1.75 bits per heavy atom. The molecule has 1 atom stereocenters. The second-order valence-electron chi connectivity index (χ2n) is 5.52. The standard InChI is InChI=1S/C20H22O4/c1-3-4-17(13-20(21)22)16-7-11-19(12-8-16)24-14-15-5-9-18(23-2)10-6-15/h3,5-12,17H,1,4,13-14H2,2H3,(H,21,22). The topological polar surface area (TPSA) is 55.8 Å². The third-order valence-corrected chi connectivity index (χ3v) is 3.79. The minimum Gasteiger partial charge on any atom is -0.497 e. The van der Waals surface area contributed by atoms with Gasteiger partial charge in [0.25, 0.3) is 0 Å². The van der Waals surface area contributed by atoms with Crippen molar-refractivity contribution in [1.82, 2.24) is 0 Å². The van der Waals surface area contributed by atoms with Crippen molar-refractivity contribution < 1.29 is 19.4 Å². The maximum atomic E-state index is 11.0. The maximum absolute atomic E-state index is 11.0. The molecule has 0 saturated heterocycles. The number of carboxylic acids is 1. The summed E-state index contributed by atoms with van der Waals surface area (Å²) < 4.78 is 10.9. The van der Waals surface area contributed by atoms with Crippen molar-refractivity contribution in [1.29, 1.82) is 0 Å². The molecule has 0 aromatic heterocycles. The molecule has 0 aliphatic rings. The minimum atomic E-state index is -0.804. The first kappa shape index (κ1) is 17.6. The summed E-state index contributed by atoms with van der Waals surface area (Å²) in [7, 11) is 1.64. The van der Waals surface area contributed by atoms with Crippen LogP contribution in [0.5, 0.6) is 11.5 Å². The van der Waals surface area contributed by atoms with Crippen molar-refractivity contribution in [2.45, 2.75) is 25.4 Å². The van der Waals surface area contributed by atoms with Gasteiger partial charge in [0.1, 0.15) is 18.1 Å². The zero-order valence-corrected chi connectivity index (χ0v) is 13.8. The largest absolute Gasteiger partial charge is 0.497 e. The highest BCUT2D eigenvalue weighted by atomic mass is 16.5. The summed E-state index contributed by atoms with van der Waals surface area (Å²) in [5.41, 5.74) is 2.03. The van der Waals surface area contributed by atoms with E-state index in [4.69, 9.17) is 14.6 Å². The van der Waals surface area contributed by atoms with Crippen molar-refractivity contribution in [3.05, 3.63) is 72.3 Å². The van der Waals surface area contributed by atoms with Crippen LogP contribution in [0.15, 0.2) is 61.2 Å². The van der Waals surface area contributed by atoms with Crippen LogP contribution in [0, 0.1) is 0 Å². The molecule has 2 rings (SSSR count). The molecule has 2 aromatic carbocycles. The molecule has 0 amide bonds. The lowest BCUT2D eigenvalue weighted by molar-refractivity contribution is -0.137. The number of hydrogen-bond donors (Lipinski definition) is 1. The summed E-state index contributed by atoms with van der Waals surface area (Å²) in [5, 5.41) is 9.01. The van der Waals surface area contributed by atoms with Gasteiger partial charge in [-0.2, -0.15) is 0 Å². The summed E-state index contributed by atoms with van der Waals surface area (Å²) >= 11 is 0. The van der Waals surface area contributed by atoms with Crippen molar-refractivity contribution in [3.8, 4) is 11.5 Å². The molecular formula is C20H22O4. The van der Waals surface area contributed by atoms with Gasteiger partial charge in [-0.25, -0.2) is 0 Å². The maximum Gasteiger partial charge on any atom is 0.303 e. The minimum absolute atomic E-state index is 0.0596. The van der Waals surface area contributed by atoms with Crippen LogP contribution in [-0.2, 0) is 11.4 Å². The van der Waals surface area contributed by atoms with Gasteiger partial charge >= 0.3 is 5.97 Å². The number of hydrogen-bond acceptors (Lipinski definition) is 3. The van der Waals surface area contributed by atoms with Gasteiger partial charge in [-0.15, -0.1) is 6.58 Å². The summed E-state index contributed by atoms with van der Waals surface area (Å²) in [5.74, 6) is 0.703. The van der Waals surface area contributed by atoms with E-state index in [-0.39, 0.29) is 12.3 Å². The monoisotopic (exact) mass is 326 g/mol. The van der Waals surface area contributed by atoms with Gasteiger partial charge in [-0.3, -0.25) is 4.79 Å². The molecule has 0 heterocycles. The molecule has 126 valence electrons. The molecule has 4 heteroatoms. The van der Waals surface area contributed by atoms with Crippen LogP contribution >= 0.6 is 0 Å². The normalized spacial score (nSPS) is 11.5. The highest BCUT2D eigenvalue weighted by Crippen LogP contribution is 2.26. The Bertz CT molecular complexity index is 659. The van der Waals surface area contributed by atoms with Crippen LogP contribution in [0.25, 0.3) is 0 Å². The van der Waals surface area contributed by atoms with Gasteiger partial charge in [0.15, 0.2) is 0 Å². The highest BCUT2D eigenvalue weighted by molar-refractivity contribution is 5.68. The molecule has 0 radical (unpaired) electrons. The number of carboxylic acid groups (broad SMARTS) is 1. The fraction of sp³-hybridized carbons (Fsp3) is 0.250. The summed E-state index contributed by atoms with van der Waals surface area (Å²) in [6.45, 7) is 4.17. The number of aliphatic carboxylic acids is 1. The van der Waals surface area contributed by atoms with E-state index in [0.717, 1.165) is 22.6 Å². The van der Waals surface area contributed by atoms with E-state index in [1.165, 1.54) is 0 Å². The summed E-state index contributed by atoms with van der Waals surface area (Å²) in [6, 6.07) is 15.3. The highest BCUT2D eigenvalue weighted by Gasteiger charge is 2.14. The molecule has 0 aliphatic heterocycles. The second-order valence-corrected chi connectivity index (χ2v) is 5.52. The van der Waals surface area contributed by atoms with Gasteiger partial charge in [0, 0.05) is 0 Å². The Morgan fingerprint density at radius 1 is 1.12 bits per heavy atom. The fourth-order valence-corrected chi connectivity index (χ4v) is 2.47. The lowest BCUT2D eigenvalue weighted by atomic mass is 9.92. The molecule has 1 unspecified atom stereocenters. The van der Waals surface area contributed by atoms with Gasteiger partial charge in [0.2, 0.25) is 0 Å². The smallest absolute Gasteiger partial charge is 0.303 e. The van der Waals surface area contributed by atoms with Crippen molar-refractivity contribution in [2.24, 2.45) is 0 Å². The summed E-state index contributed by atoms with van der Waals surface area (Å²) in [6.07, 6.45) is 2.48. The Labute approximate surface area is 142 Å². The van der Waals surface area contributed by atoms with E-state index >= 15 is 0 Å². The molecule has 4 nitrogen and oxygen atoms in total. The number of carbonyl (C=O) groups is 1. The Balaban J connectivity index is 1.97. The molecule has 2 aromatic rings. The van der Waals surface area contributed by atoms with Crippen LogP contribution in [0.2, 0.25) is 0 Å². The Morgan fingerprint density at radius 3 is 2.29 bits per heavy atom. The van der Waals surface area contributed by atoms with Gasteiger partial charge < -0.3 is 14.6 Å². The van der Waals surface area contributed by atoms with E-state index in [1.54, 1.807) is 13.2 Å². The first-order valence-electron chi connectivity index (χ1n) is 7.80.